The molecule has 1 unspecified atom stereocenters. The SMILES string of the molecule is CC(C)CC1CCC(C(O)NCC(C)(C)C)CC1. The Hall–Kier alpha value is -0.0800. The average molecular weight is 255 g/mol. The van der Waals surface area contributed by atoms with Gasteiger partial charge in [-0.3, -0.25) is 5.32 Å². The van der Waals surface area contributed by atoms with Crippen LogP contribution in [0.3, 0.4) is 0 Å². The molecule has 18 heavy (non-hydrogen) atoms. The first-order chi connectivity index (χ1) is 8.28. The second-order valence-electron chi connectivity index (χ2n) is 7.80. The third kappa shape index (κ3) is 6.19. The second kappa shape index (κ2) is 6.91. The van der Waals surface area contributed by atoms with Crippen molar-refractivity contribution in [2.45, 2.75) is 73.0 Å². The monoisotopic (exact) mass is 255 g/mol. The highest BCUT2D eigenvalue weighted by Gasteiger charge is 2.27. The van der Waals surface area contributed by atoms with Gasteiger partial charge >= 0.3 is 0 Å². The van der Waals surface area contributed by atoms with Crippen LogP contribution in [0.4, 0.5) is 0 Å². The van der Waals surface area contributed by atoms with E-state index in [0.717, 1.165) is 18.4 Å². The highest BCUT2D eigenvalue weighted by Crippen LogP contribution is 2.33. The summed E-state index contributed by atoms with van der Waals surface area (Å²) in [5, 5.41) is 13.5. The molecule has 2 heteroatoms. The van der Waals surface area contributed by atoms with E-state index in [1.54, 1.807) is 0 Å². The number of aliphatic hydroxyl groups is 1. The molecule has 1 aliphatic carbocycles. The van der Waals surface area contributed by atoms with Crippen molar-refractivity contribution in [3.63, 3.8) is 0 Å². The minimum absolute atomic E-state index is 0.246. The second-order valence-corrected chi connectivity index (χ2v) is 7.80. The first-order valence-electron chi connectivity index (χ1n) is 7.69. The molecule has 0 aromatic carbocycles. The highest BCUT2D eigenvalue weighted by molar-refractivity contribution is 4.78. The lowest BCUT2D eigenvalue weighted by atomic mass is 9.78. The van der Waals surface area contributed by atoms with Gasteiger partial charge in [0, 0.05) is 6.54 Å². The molecule has 0 aliphatic heterocycles. The fraction of sp³-hybridized carbons (Fsp3) is 1.00. The quantitative estimate of drug-likeness (QED) is 0.733. The summed E-state index contributed by atoms with van der Waals surface area (Å²) in [5.74, 6) is 2.18. The van der Waals surface area contributed by atoms with Gasteiger partial charge < -0.3 is 5.11 Å². The average Bonchev–Trinajstić information content (AvgIpc) is 2.25. The normalized spacial score (nSPS) is 27.5. The van der Waals surface area contributed by atoms with Crippen LogP contribution >= 0.6 is 0 Å². The molecule has 0 aromatic heterocycles. The van der Waals surface area contributed by atoms with Crippen molar-refractivity contribution in [1.82, 2.24) is 5.32 Å². The molecule has 1 fully saturated rings. The predicted octanol–water partition coefficient (Wildman–Crippen LogP) is 3.79. The zero-order valence-corrected chi connectivity index (χ0v) is 13.0. The molecule has 0 aromatic rings. The van der Waals surface area contributed by atoms with Gasteiger partial charge in [-0.1, -0.05) is 47.5 Å². The fourth-order valence-electron chi connectivity index (χ4n) is 2.98. The first-order valence-corrected chi connectivity index (χ1v) is 7.69. The number of hydrogen-bond donors (Lipinski definition) is 2. The van der Waals surface area contributed by atoms with Crippen molar-refractivity contribution in [2.24, 2.45) is 23.2 Å². The third-order valence-corrected chi connectivity index (χ3v) is 3.98. The molecule has 1 aliphatic rings. The maximum atomic E-state index is 10.2. The van der Waals surface area contributed by atoms with E-state index in [1.165, 1.54) is 32.1 Å². The molecule has 0 radical (unpaired) electrons. The van der Waals surface area contributed by atoms with Crippen molar-refractivity contribution < 1.29 is 5.11 Å². The zero-order valence-electron chi connectivity index (χ0n) is 13.0. The molecular formula is C16H33NO. The van der Waals surface area contributed by atoms with E-state index in [0.29, 0.717) is 5.92 Å². The van der Waals surface area contributed by atoms with Crippen LogP contribution in [-0.2, 0) is 0 Å². The Kier molecular flexibility index (Phi) is 6.13. The first kappa shape index (κ1) is 16.0. The Bertz CT molecular complexity index is 224. The summed E-state index contributed by atoms with van der Waals surface area (Å²) in [6.07, 6.45) is 6.04. The van der Waals surface area contributed by atoms with E-state index in [1.807, 2.05) is 0 Å². The van der Waals surface area contributed by atoms with Gasteiger partial charge in [-0.25, -0.2) is 0 Å². The molecule has 0 spiro atoms. The highest BCUT2D eigenvalue weighted by atomic mass is 16.3. The van der Waals surface area contributed by atoms with Crippen LogP contribution in [0.1, 0.15) is 66.7 Å². The molecule has 0 saturated heterocycles. The van der Waals surface area contributed by atoms with E-state index in [2.05, 4.69) is 39.9 Å². The van der Waals surface area contributed by atoms with Gasteiger partial charge in [-0.2, -0.15) is 0 Å². The Morgan fingerprint density at radius 1 is 1.11 bits per heavy atom. The van der Waals surface area contributed by atoms with Crippen molar-refractivity contribution in [3.05, 3.63) is 0 Å². The maximum absolute atomic E-state index is 10.2. The molecule has 0 bridgehead atoms. The summed E-state index contributed by atoms with van der Waals surface area (Å²) >= 11 is 0. The topological polar surface area (TPSA) is 32.3 Å². The smallest absolute Gasteiger partial charge is 0.107 e. The number of rotatable bonds is 5. The van der Waals surface area contributed by atoms with E-state index >= 15 is 0 Å². The lowest BCUT2D eigenvalue weighted by Gasteiger charge is -2.33. The Balaban J connectivity index is 2.25. The largest absolute Gasteiger partial charge is 0.378 e. The Labute approximate surface area is 114 Å². The third-order valence-electron chi connectivity index (χ3n) is 3.98. The van der Waals surface area contributed by atoms with Crippen LogP contribution in [-0.4, -0.2) is 17.9 Å². The molecule has 1 atom stereocenters. The van der Waals surface area contributed by atoms with Crippen LogP contribution < -0.4 is 5.32 Å². The van der Waals surface area contributed by atoms with Crippen molar-refractivity contribution in [2.75, 3.05) is 6.54 Å². The zero-order chi connectivity index (χ0) is 13.8. The van der Waals surface area contributed by atoms with E-state index < -0.39 is 0 Å². The van der Waals surface area contributed by atoms with Crippen molar-refractivity contribution >= 4 is 0 Å². The molecular weight excluding hydrogens is 222 g/mol. The van der Waals surface area contributed by atoms with Crippen LogP contribution in [0, 0.1) is 23.2 Å². The van der Waals surface area contributed by atoms with Gasteiger partial charge in [0.2, 0.25) is 0 Å². The van der Waals surface area contributed by atoms with E-state index in [4.69, 9.17) is 0 Å². The van der Waals surface area contributed by atoms with Crippen molar-refractivity contribution in [3.8, 4) is 0 Å². The van der Waals surface area contributed by atoms with Crippen molar-refractivity contribution in [1.29, 1.82) is 0 Å². The Morgan fingerprint density at radius 3 is 2.11 bits per heavy atom. The van der Waals surface area contributed by atoms with Gasteiger partial charge in [-0.15, -0.1) is 0 Å². The van der Waals surface area contributed by atoms with Crippen LogP contribution in [0.2, 0.25) is 0 Å². The Morgan fingerprint density at radius 2 is 1.67 bits per heavy atom. The standard InChI is InChI=1S/C16H33NO/c1-12(2)10-13-6-8-14(9-7-13)15(18)17-11-16(3,4)5/h12-15,17-18H,6-11H2,1-5H3. The van der Waals surface area contributed by atoms with Gasteiger partial charge in [-0.05, 0) is 42.4 Å². The van der Waals surface area contributed by atoms with Crippen LogP contribution in [0.15, 0.2) is 0 Å². The van der Waals surface area contributed by atoms with Crippen LogP contribution in [0.5, 0.6) is 0 Å². The molecule has 2 N–H and O–H groups in total. The summed E-state index contributed by atoms with van der Waals surface area (Å²) in [5.41, 5.74) is 0.246. The van der Waals surface area contributed by atoms with Gasteiger partial charge in [0.05, 0.1) is 0 Å². The maximum Gasteiger partial charge on any atom is 0.107 e. The van der Waals surface area contributed by atoms with Gasteiger partial charge in [0.15, 0.2) is 0 Å². The summed E-state index contributed by atoms with van der Waals surface area (Å²) in [7, 11) is 0. The fourth-order valence-corrected chi connectivity index (χ4v) is 2.98. The lowest BCUT2D eigenvalue weighted by molar-refractivity contribution is 0.0376. The summed E-state index contributed by atoms with van der Waals surface area (Å²) < 4.78 is 0. The lowest BCUT2D eigenvalue weighted by Crippen LogP contribution is -2.41. The molecule has 108 valence electrons. The minimum Gasteiger partial charge on any atom is -0.378 e. The summed E-state index contributed by atoms with van der Waals surface area (Å²) in [4.78, 5) is 0. The van der Waals surface area contributed by atoms with E-state index in [-0.39, 0.29) is 11.6 Å². The molecule has 1 rings (SSSR count). The molecule has 1 saturated carbocycles. The van der Waals surface area contributed by atoms with Gasteiger partial charge in [0.25, 0.3) is 0 Å². The predicted molar refractivity (Wildman–Crippen MR) is 78.4 cm³/mol. The van der Waals surface area contributed by atoms with Gasteiger partial charge in [0.1, 0.15) is 6.23 Å². The number of nitrogens with one attached hydrogen (secondary N) is 1. The molecule has 0 heterocycles. The van der Waals surface area contributed by atoms with E-state index in [9.17, 15) is 5.11 Å². The summed E-state index contributed by atoms with van der Waals surface area (Å²) in [6.45, 7) is 12.1. The van der Waals surface area contributed by atoms with Crippen LogP contribution in [0.25, 0.3) is 0 Å². The molecule has 2 nitrogen and oxygen atoms in total. The summed E-state index contributed by atoms with van der Waals surface area (Å²) in [6, 6.07) is 0. The molecule has 0 amide bonds. The minimum atomic E-state index is -0.302. The number of hydrogen-bond acceptors (Lipinski definition) is 2. The number of aliphatic hydroxyl groups excluding tert-OH is 1.